The molecule has 1 aromatic rings. The van der Waals surface area contributed by atoms with Gasteiger partial charge in [0.15, 0.2) is 0 Å². The van der Waals surface area contributed by atoms with Crippen molar-refractivity contribution in [3.63, 3.8) is 0 Å². The van der Waals surface area contributed by atoms with Gasteiger partial charge in [-0.15, -0.1) is 12.6 Å². The van der Waals surface area contributed by atoms with E-state index in [1.807, 2.05) is 18.2 Å². The Labute approximate surface area is 67.0 Å². The second-order valence-corrected chi connectivity index (χ2v) is 2.80. The van der Waals surface area contributed by atoms with Crippen LogP contribution in [0.15, 0.2) is 30.8 Å². The highest BCUT2D eigenvalue weighted by Crippen LogP contribution is 2.18. The zero-order valence-electron chi connectivity index (χ0n) is 5.96. The number of rotatable bonds is 1. The number of thiol groups is 1. The molecule has 1 rings (SSSR count). The number of benzene rings is 1. The van der Waals surface area contributed by atoms with Gasteiger partial charge in [-0.25, -0.2) is 0 Å². The molecule has 0 fully saturated rings. The summed E-state index contributed by atoms with van der Waals surface area (Å²) in [7, 11) is 0. The van der Waals surface area contributed by atoms with Crippen LogP contribution in [0.3, 0.4) is 0 Å². The molecular weight excluding hydrogens is 140 g/mol. The summed E-state index contributed by atoms with van der Waals surface area (Å²) >= 11 is 4.16. The first kappa shape index (κ1) is 7.42. The molecule has 0 saturated carbocycles. The fraction of sp³-hybridized carbons (Fsp3) is 0.111. The monoisotopic (exact) mass is 150 g/mol. The minimum absolute atomic E-state index is 0.832. The zero-order valence-corrected chi connectivity index (χ0v) is 6.86. The van der Waals surface area contributed by atoms with Crippen molar-refractivity contribution in [1.29, 1.82) is 0 Å². The standard InChI is InChI=1S/C9H10S/c1-7-5-3-4-6-9(7)8(2)10/h3-6,10H,2H2,1H3. The summed E-state index contributed by atoms with van der Waals surface area (Å²) in [6.45, 7) is 5.80. The van der Waals surface area contributed by atoms with E-state index in [1.54, 1.807) is 0 Å². The van der Waals surface area contributed by atoms with E-state index in [2.05, 4.69) is 32.2 Å². The van der Waals surface area contributed by atoms with E-state index in [4.69, 9.17) is 0 Å². The Kier molecular flexibility index (Phi) is 2.17. The van der Waals surface area contributed by atoms with E-state index < -0.39 is 0 Å². The van der Waals surface area contributed by atoms with Crippen molar-refractivity contribution >= 4 is 17.5 Å². The maximum Gasteiger partial charge on any atom is 0.00432 e. The third-order valence-corrected chi connectivity index (χ3v) is 1.70. The van der Waals surface area contributed by atoms with Crippen molar-refractivity contribution in [3.05, 3.63) is 42.0 Å². The smallest absolute Gasteiger partial charge is 0.00432 e. The molecule has 0 aliphatic carbocycles. The van der Waals surface area contributed by atoms with E-state index in [0.717, 1.165) is 10.5 Å². The van der Waals surface area contributed by atoms with Crippen molar-refractivity contribution in [3.8, 4) is 0 Å². The van der Waals surface area contributed by atoms with Gasteiger partial charge in [-0.2, -0.15) is 0 Å². The van der Waals surface area contributed by atoms with Crippen molar-refractivity contribution in [1.82, 2.24) is 0 Å². The first-order valence-electron chi connectivity index (χ1n) is 3.15. The molecule has 0 radical (unpaired) electrons. The molecule has 0 heterocycles. The molecule has 10 heavy (non-hydrogen) atoms. The fourth-order valence-electron chi connectivity index (χ4n) is 0.897. The predicted octanol–water partition coefficient (Wildman–Crippen LogP) is 2.90. The molecular formula is C9H10S. The largest absolute Gasteiger partial charge is 0.143 e. The van der Waals surface area contributed by atoms with E-state index in [1.165, 1.54) is 5.56 Å². The molecule has 0 atom stereocenters. The van der Waals surface area contributed by atoms with Gasteiger partial charge in [0.05, 0.1) is 0 Å². The van der Waals surface area contributed by atoms with Crippen LogP contribution in [0.1, 0.15) is 11.1 Å². The van der Waals surface area contributed by atoms with Crippen LogP contribution in [0.4, 0.5) is 0 Å². The van der Waals surface area contributed by atoms with Crippen LogP contribution in [-0.2, 0) is 0 Å². The lowest BCUT2D eigenvalue weighted by Crippen LogP contribution is -1.80. The van der Waals surface area contributed by atoms with Gasteiger partial charge < -0.3 is 0 Å². The first-order chi connectivity index (χ1) is 4.72. The molecule has 0 nitrogen and oxygen atoms in total. The Morgan fingerprint density at radius 1 is 1.40 bits per heavy atom. The van der Waals surface area contributed by atoms with Crippen molar-refractivity contribution in [2.45, 2.75) is 6.92 Å². The summed E-state index contributed by atoms with van der Waals surface area (Å²) in [6, 6.07) is 8.07. The van der Waals surface area contributed by atoms with Gasteiger partial charge in [-0.1, -0.05) is 30.8 Å². The Morgan fingerprint density at radius 2 is 2.00 bits per heavy atom. The van der Waals surface area contributed by atoms with Crippen molar-refractivity contribution < 1.29 is 0 Å². The number of hydrogen-bond donors (Lipinski definition) is 1. The SMILES string of the molecule is C=C(S)c1ccccc1C. The number of aryl methyl sites for hydroxylation is 1. The van der Waals surface area contributed by atoms with Crippen LogP contribution in [0.5, 0.6) is 0 Å². The topological polar surface area (TPSA) is 0 Å². The highest BCUT2D eigenvalue weighted by Gasteiger charge is 1.95. The van der Waals surface area contributed by atoms with E-state index in [9.17, 15) is 0 Å². The van der Waals surface area contributed by atoms with E-state index in [-0.39, 0.29) is 0 Å². The van der Waals surface area contributed by atoms with Gasteiger partial charge in [-0.3, -0.25) is 0 Å². The van der Waals surface area contributed by atoms with Crippen LogP contribution in [-0.4, -0.2) is 0 Å². The summed E-state index contributed by atoms with van der Waals surface area (Å²) in [5, 5.41) is 0. The van der Waals surface area contributed by atoms with Gasteiger partial charge in [0.2, 0.25) is 0 Å². The fourth-order valence-corrected chi connectivity index (χ4v) is 1.15. The lowest BCUT2D eigenvalue weighted by molar-refractivity contribution is 1.44. The van der Waals surface area contributed by atoms with Crippen LogP contribution in [0.25, 0.3) is 4.91 Å². The summed E-state index contributed by atoms with van der Waals surface area (Å²) in [5.41, 5.74) is 2.35. The summed E-state index contributed by atoms with van der Waals surface area (Å²) in [4.78, 5) is 0.832. The molecule has 1 heteroatoms. The average molecular weight is 150 g/mol. The molecule has 0 N–H and O–H groups in total. The normalized spacial score (nSPS) is 9.40. The molecule has 0 saturated heterocycles. The first-order valence-corrected chi connectivity index (χ1v) is 3.60. The third-order valence-electron chi connectivity index (χ3n) is 1.46. The highest BCUT2D eigenvalue weighted by molar-refractivity contribution is 7.90. The Bertz CT molecular complexity index is 251. The Balaban J connectivity index is 3.15. The van der Waals surface area contributed by atoms with Gasteiger partial charge in [0.1, 0.15) is 0 Å². The third kappa shape index (κ3) is 1.42. The molecule has 0 aromatic heterocycles. The van der Waals surface area contributed by atoms with Crippen LogP contribution in [0.2, 0.25) is 0 Å². The molecule has 1 aromatic carbocycles. The quantitative estimate of drug-likeness (QED) is 0.585. The lowest BCUT2D eigenvalue weighted by atomic mass is 10.1. The highest BCUT2D eigenvalue weighted by atomic mass is 32.1. The van der Waals surface area contributed by atoms with Crippen molar-refractivity contribution in [2.75, 3.05) is 0 Å². The maximum absolute atomic E-state index is 4.16. The molecule has 0 aliphatic rings. The van der Waals surface area contributed by atoms with Crippen LogP contribution in [0, 0.1) is 6.92 Å². The second kappa shape index (κ2) is 2.93. The van der Waals surface area contributed by atoms with Crippen LogP contribution >= 0.6 is 12.6 Å². The van der Waals surface area contributed by atoms with Gasteiger partial charge in [-0.05, 0) is 18.1 Å². The minimum Gasteiger partial charge on any atom is -0.143 e. The average Bonchev–Trinajstić information content (AvgIpc) is 1.88. The van der Waals surface area contributed by atoms with Gasteiger partial charge in [0, 0.05) is 4.91 Å². The molecule has 52 valence electrons. The number of hydrogen-bond acceptors (Lipinski definition) is 1. The summed E-state index contributed by atoms with van der Waals surface area (Å²) in [5.74, 6) is 0. The summed E-state index contributed by atoms with van der Waals surface area (Å²) in [6.07, 6.45) is 0. The molecule has 0 unspecified atom stereocenters. The molecule has 0 aliphatic heterocycles. The van der Waals surface area contributed by atoms with Crippen LogP contribution < -0.4 is 0 Å². The Morgan fingerprint density at radius 3 is 2.40 bits per heavy atom. The molecule has 0 spiro atoms. The summed E-state index contributed by atoms with van der Waals surface area (Å²) < 4.78 is 0. The minimum atomic E-state index is 0.832. The molecule has 0 bridgehead atoms. The van der Waals surface area contributed by atoms with Gasteiger partial charge >= 0.3 is 0 Å². The van der Waals surface area contributed by atoms with Crippen molar-refractivity contribution in [2.24, 2.45) is 0 Å². The zero-order chi connectivity index (χ0) is 7.56. The van der Waals surface area contributed by atoms with Gasteiger partial charge in [0.25, 0.3) is 0 Å². The second-order valence-electron chi connectivity index (χ2n) is 2.26. The van der Waals surface area contributed by atoms with E-state index >= 15 is 0 Å². The predicted molar refractivity (Wildman–Crippen MR) is 49.2 cm³/mol. The van der Waals surface area contributed by atoms with E-state index in [0.29, 0.717) is 0 Å². The lowest BCUT2D eigenvalue weighted by Gasteiger charge is -2.01. The molecule has 0 amide bonds. The Hall–Kier alpha value is -0.690. The maximum atomic E-state index is 4.16.